The van der Waals surface area contributed by atoms with Crippen LogP contribution < -0.4 is 4.90 Å². The minimum absolute atomic E-state index is 1.06. The molecule has 0 saturated heterocycles. The Morgan fingerprint density at radius 2 is 1.14 bits per heavy atom. The number of fused-ring (bicyclic) bond motifs is 7. The molecule has 1 aliphatic rings. The molecule has 0 spiro atoms. The number of para-hydroxylation sites is 1. The third-order valence-electron chi connectivity index (χ3n) is 10.4. The van der Waals surface area contributed by atoms with Crippen LogP contribution in [0.25, 0.3) is 65.4 Å². The summed E-state index contributed by atoms with van der Waals surface area (Å²) in [6, 6.07) is 60.3. The number of rotatable bonds is 5. The predicted octanol–water partition coefficient (Wildman–Crippen LogP) is 13.4. The van der Waals surface area contributed by atoms with Gasteiger partial charge in [-0.15, -0.1) is 0 Å². The van der Waals surface area contributed by atoms with Gasteiger partial charge in [0.15, 0.2) is 0 Å². The van der Waals surface area contributed by atoms with Crippen molar-refractivity contribution < 1.29 is 0 Å². The summed E-state index contributed by atoms with van der Waals surface area (Å²) in [5, 5.41) is 10.1. The molecule has 50 heavy (non-hydrogen) atoms. The Kier molecular flexibility index (Phi) is 6.67. The summed E-state index contributed by atoms with van der Waals surface area (Å²) in [4.78, 5) is 2.40. The molecule has 10 rings (SSSR count). The highest BCUT2D eigenvalue weighted by molar-refractivity contribution is 6.13. The zero-order valence-corrected chi connectivity index (χ0v) is 27.6. The minimum Gasteiger partial charge on any atom is -0.310 e. The first-order valence-corrected chi connectivity index (χ1v) is 17.5. The van der Waals surface area contributed by atoms with E-state index in [1.807, 2.05) is 0 Å². The lowest BCUT2D eigenvalue weighted by atomic mass is 9.96. The predicted molar refractivity (Wildman–Crippen MR) is 214 cm³/mol. The van der Waals surface area contributed by atoms with Gasteiger partial charge in [0, 0.05) is 33.5 Å². The van der Waals surface area contributed by atoms with Crippen molar-refractivity contribution in [3.8, 4) is 5.69 Å². The lowest BCUT2D eigenvalue weighted by Crippen LogP contribution is -2.10. The molecular formula is C48H34N2. The maximum absolute atomic E-state index is 2.41. The van der Waals surface area contributed by atoms with Gasteiger partial charge in [-0.25, -0.2) is 0 Å². The number of benzene rings is 8. The van der Waals surface area contributed by atoms with Crippen molar-refractivity contribution in [1.82, 2.24) is 4.57 Å². The number of hydrogen-bond acceptors (Lipinski definition) is 1. The van der Waals surface area contributed by atoms with E-state index in [-0.39, 0.29) is 0 Å². The lowest BCUT2D eigenvalue weighted by molar-refractivity contribution is 1.05. The van der Waals surface area contributed by atoms with Crippen molar-refractivity contribution >= 4 is 76.8 Å². The highest BCUT2D eigenvalue weighted by Crippen LogP contribution is 2.40. The Balaban J connectivity index is 1.14. The molecule has 1 aromatic heterocycles. The van der Waals surface area contributed by atoms with Crippen molar-refractivity contribution in [3.63, 3.8) is 0 Å². The van der Waals surface area contributed by atoms with Gasteiger partial charge in [-0.05, 0) is 123 Å². The van der Waals surface area contributed by atoms with Gasteiger partial charge in [0.25, 0.3) is 0 Å². The molecule has 2 nitrogen and oxygen atoms in total. The number of hydrogen-bond donors (Lipinski definition) is 0. The van der Waals surface area contributed by atoms with Crippen LogP contribution in [-0.4, -0.2) is 4.57 Å². The summed E-state index contributed by atoms with van der Waals surface area (Å²) in [6.45, 7) is 0. The van der Waals surface area contributed by atoms with Gasteiger partial charge in [-0.1, -0.05) is 115 Å². The summed E-state index contributed by atoms with van der Waals surface area (Å²) in [7, 11) is 0. The number of aromatic nitrogens is 1. The highest BCUT2D eigenvalue weighted by atomic mass is 15.1. The zero-order valence-electron chi connectivity index (χ0n) is 27.6. The standard InChI is InChI=1S/C48H34N2/c1-2-11-33(12-3-1)35-16-10-17-41(29-35)49(42-27-28-44-38(30-42)22-21-34-13-6-7-18-43(34)44)39-23-25-40(26-24-39)50-47-20-9-8-19-45(47)46-31-36-14-4-5-15-37(36)32-48(46)50/h1-2,4-11,13-32H,3,12H2. The molecule has 2 heteroatoms. The van der Waals surface area contributed by atoms with Crippen LogP contribution >= 0.6 is 0 Å². The average Bonchev–Trinajstić information content (AvgIpc) is 3.50. The van der Waals surface area contributed by atoms with Gasteiger partial charge in [0.1, 0.15) is 0 Å². The number of nitrogens with zero attached hydrogens (tertiary/aromatic N) is 2. The molecule has 0 radical (unpaired) electrons. The van der Waals surface area contributed by atoms with Crippen LogP contribution in [-0.2, 0) is 0 Å². The Bertz CT molecular complexity index is 2810. The molecule has 1 aliphatic carbocycles. The molecule has 0 aliphatic heterocycles. The Morgan fingerprint density at radius 1 is 0.440 bits per heavy atom. The van der Waals surface area contributed by atoms with E-state index in [1.54, 1.807) is 0 Å². The topological polar surface area (TPSA) is 8.17 Å². The number of allylic oxidation sites excluding steroid dienone is 4. The highest BCUT2D eigenvalue weighted by Gasteiger charge is 2.17. The molecule has 0 amide bonds. The Labute approximate surface area is 291 Å². The van der Waals surface area contributed by atoms with Gasteiger partial charge in [-0.3, -0.25) is 0 Å². The second kappa shape index (κ2) is 11.6. The summed E-state index contributed by atoms with van der Waals surface area (Å²) in [5.74, 6) is 0. The molecular weight excluding hydrogens is 605 g/mol. The van der Waals surface area contributed by atoms with E-state index >= 15 is 0 Å². The van der Waals surface area contributed by atoms with Crippen LogP contribution in [0.2, 0.25) is 0 Å². The minimum atomic E-state index is 1.06. The molecule has 0 N–H and O–H groups in total. The van der Waals surface area contributed by atoms with Gasteiger partial charge < -0.3 is 9.47 Å². The molecule has 0 bridgehead atoms. The van der Waals surface area contributed by atoms with E-state index in [1.165, 1.54) is 65.3 Å². The first kappa shape index (κ1) is 28.6. The molecule has 236 valence electrons. The fraction of sp³-hybridized carbons (Fsp3) is 0.0417. The Hall–Kier alpha value is -6.38. The van der Waals surface area contributed by atoms with Crippen LogP contribution in [0.15, 0.2) is 182 Å². The van der Waals surface area contributed by atoms with E-state index in [0.29, 0.717) is 0 Å². The average molecular weight is 639 g/mol. The van der Waals surface area contributed by atoms with Crippen molar-refractivity contribution in [2.24, 2.45) is 0 Å². The largest absolute Gasteiger partial charge is 0.310 e. The monoisotopic (exact) mass is 638 g/mol. The maximum atomic E-state index is 2.41. The zero-order chi connectivity index (χ0) is 33.0. The molecule has 0 unspecified atom stereocenters. The second-order valence-corrected chi connectivity index (χ2v) is 13.3. The molecule has 9 aromatic rings. The third kappa shape index (κ3) is 4.72. The van der Waals surface area contributed by atoms with Crippen molar-refractivity contribution in [2.75, 3.05) is 4.90 Å². The fourth-order valence-electron chi connectivity index (χ4n) is 7.96. The van der Waals surface area contributed by atoms with Gasteiger partial charge in [0.2, 0.25) is 0 Å². The molecule has 0 saturated carbocycles. The van der Waals surface area contributed by atoms with Crippen LogP contribution in [0.4, 0.5) is 17.1 Å². The van der Waals surface area contributed by atoms with Gasteiger partial charge >= 0.3 is 0 Å². The van der Waals surface area contributed by atoms with Crippen LogP contribution in [0.3, 0.4) is 0 Å². The normalized spacial score (nSPS) is 13.1. The maximum Gasteiger partial charge on any atom is 0.0547 e. The quantitative estimate of drug-likeness (QED) is 0.170. The molecule has 0 fully saturated rings. The fourth-order valence-corrected chi connectivity index (χ4v) is 7.96. The van der Waals surface area contributed by atoms with Crippen molar-refractivity contribution in [1.29, 1.82) is 0 Å². The van der Waals surface area contributed by atoms with E-state index in [4.69, 9.17) is 0 Å². The summed E-state index contributed by atoms with van der Waals surface area (Å²) in [6.07, 6.45) is 8.84. The second-order valence-electron chi connectivity index (χ2n) is 13.3. The molecule has 1 heterocycles. The van der Waals surface area contributed by atoms with E-state index in [9.17, 15) is 0 Å². The van der Waals surface area contributed by atoms with Crippen LogP contribution in [0.1, 0.15) is 18.4 Å². The smallest absolute Gasteiger partial charge is 0.0547 e. The SMILES string of the molecule is C1=CCCC(c2cccc(N(c3ccc(-n4c5ccccc5c5cc6ccccc6cc54)cc3)c3ccc4c(ccc5ccccc54)c3)c2)=C1. The Morgan fingerprint density at radius 3 is 1.98 bits per heavy atom. The van der Waals surface area contributed by atoms with Gasteiger partial charge in [0.05, 0.1) is 11.0 Å². The molecule has 8 aromatic carbocycles. The van der Waals surface area contributed by atoms with Crippen molar-refractivity contribution in [3.05, 3.63) is 188 Å². The van der Waals surface area contributed by atoms with Crippen LogP contribution in [0, 0.1) is 0 Å². The van der Waals surface area contributed by atoms with E-state index in [2.05, 4.69) is 191 Å². The molecule has 0 atom stereocenters. The lowest BCUT2D eigenvalue weighted by Gasteiger charge is -2.27. The first-order valence-electron chi connectivity index (χ1n) is 17.5. The van der Waals surface area contributed by atoms with E-state index < -0.39 is 0 Å². The summed E-state index contributed by atoms with van der Waals surface area (Å²) in [5.41, 5.74) is 9.65. The number of anilines is 3. The summed E-state index contributed by atoms with van der Waals surface area (Å²) < 4.78 is 2.41. The third-order valence-corrected chi connectivity index (χ3v) is 10.4. The van der Waals surface area contributed by atoms with Crippen LogP contribution in [0.5, 0.6) is 0 Å². The first-order chi connectivity index (χ1) is 24.8. The van der Waals surface area contributed by atoms with E-state index in [0.717, 1.165) is 35.6 Å². The van der Waals surface area contributed by atoms with Crippen molar-refractivity contribution in [2.45, 2.75) is 12.8 Å². The summed E-state index contributed by atoms with van der Waals surface area (Å²) >= 11 is 0. The van der Waals surface area contributed by atoms with Gasteiger partial charge in [-0.2, -0.15) is 0 Å².